The Morgan fingerprint density at radius 2 is 1.30 bits per heavy atom. The highest BCUT2D eigenvalue weighted by atomic mass is 28.3. The van der Waals surface area contributed by atoms with Crippen molar-refractivity contribution in [1.29, 1.82) is 0 Å². The fraction of sp³-hybridized carbons (Fsp3) is 0.294. The summed E-state index contributed by atoms with van der Waals surface area (Å²) in [5.41, 5.74) is 3.60. The van der Waals surface area contributed by atoms with E-state index >= 15 is 0 Å². The summed E-state index contributed by atoms with van der Waals surface area (Å²) in [6, 6.07) is 23.9. The molecule has 0 unspecified atom stereocenters. The predicted molar refractivity (Wildman–Crippen MR) is 92.2 cm³/mol. The third-order valence-corrected chi connectivity index (χ3v) is 8.45. The predicted octanol–water partition coefficient (Wildman–Crippen LogP) is 3.20. The molecule has 0 radical (unpaired) electrons. The number of hydrogen-bond acceptors (Lipinski definition) is 1. The molecular weight excluding hydrogens is 276 g/mol. The Bertz CT molecular complexity index is 443. The maximum atomic E-state index is 6.39. The van der Waals surface area contributed by atoms with Crippen molar-refractivity contribution in [3.8, 4) is 0 Å². The van der Waals surface area contributed by atoms with Crippen molar-refractivity contribution < 1.29 is 4.12 Å². The van der Waals surface area contributed by atoms with E-state index in [2.05, 4.69) is 74.5 Å². The molecular formula is C17H24OSi2. The molecule has 0 N–H and O–H groups in total. The van der Waals surface area contributed by atoms with E-state index in [0.29, 0.717) is 0 Å². The van der Waals surface area contributed by atoms with Gasteiger partial charge in [-0.2, -0.15) is 0 Å². The van der Waals surface area contributed by atoms with Gasteiger partial charge < -0.3 is 4.12 Å². The molecule has 0 aliphatic carbocycles. The lowest BCUT2D eigenvalue weighted by Gasteiger charge is -2.18. The molecule has 0 amide bonds. The molecule has 0 atom stereocenters. The second kappa shape index (κ2) is 8.19. The highest BCUT2D eigenvalue weighted by Gasteiger charge is 2.14. The Hall–Kier alpha value is -1.17. The van der Waals surface area contributed by atoms with Crippen LogP contribution in [0.5, 0.6) is 0 Å². The zero-order valence-electron chi connectivity index (χ0n) is 12.5. The van der Waals surface area contributed by atoms with Gasteiger partial charge in [0.2, 0.25) is 0 Å². The van der Waals surface area contributed by atoms with Crippen LogP contribution in [-0.4, -0.2) is 18.8 Å². The maximum absolute atomic E-state index is 6.39. The van der Waals surface area contributed by atoms with E-state index in [1.54, 1.807) is 0 Å². The van der Waals surface area contributed by atoms with Gasteiger partial charge in [-0.05, 0) is 28.8 Å². The van der Waals surface area contributed by atoms with Crippen LogP contribution in [0.3, 0.4) is 0 Å². The van der Waals surface area contributed by atoms with Crippen molar-refractivity contribution in [3.05, 3.63) is 71.8 Å². The number of hydrogen-bond donors (Lipinski definition) is 0. The van der Waals surface area contributed by atoms with Crippen molar-refractivity contribution in [2.75, 3.05) is 0 Å². The minimum Gasteiger partial charge on any atom is -0.462 e. The minimum atomic E-state index is -1.18. The maximum Gasteiger partial charge on any atom is 0.171 e. The van der Waals surface area contributed by atoms with Gasteiger partial charge >= 0.3 is 0 Å². The van der Waals surface area contributed by atoms with Crippen molar-refractivity contribution >= 4 is 18.8 Å². The fourth-order valence-electron chi connectivity index (χ4n) is 2.27. The van der Waals surface area contributed by atoms with E-state index in [4.69, 9.17) is 4.12 Å². The van der Waals surface area contributed by atoms with Gasteiger partial charge in [-0.15, -0.1) is 0 Å². The summed E-state index contributed by atoms with van der Waals surface area (Å²) in [6.07, 6.45) is 0. The quantitative estimate of drug-likeness (QED) is 0.714. The van der Waals surface area contributed by atoms with Gasteiger partial charge in [0.1, 0.15) is 9.76 Å². The van der Waals surface area contributed by atoms with Crippen molar-refractivity contribution in [2.24, 2.45) is 0 Å². The molecule has 106 valence electrons. The molecule has 2 rings (SSSR count). The van der Waals surface area contributed by atoms with Crippen molar-refractivity contribution in [2.45, 2.75) is 31.5 Å². The largest absolute Gasteiger partial charge is 0.462 e. The average molecular weight is 301 g/mol. The lowest BCUT2D eigenvalue weighted by Crippen LogP contribution is -2.28. The summed E-state index contributed by atoms with van der Waals surface area (Å²) in [6.45, 7) is 4.56. The minimum absolute atomic E-state index is 0.371. The Morgan fingerprint density at radius 3 is 1.70 bits per heavy atom. The first kappa shape index (κ1) is 15.2. The Morgan fingerprint density at radius 1 is 0.850 bits per heavy atom. The summed E-state index contributed by atoms with van der Waals surface area (Å²) in [5.74, 6) is 0. The summed E-state index contributed by atoms with van der Waals surface area (Å²) >= 11 is 0. The summed E-state index contributed by atoms with van der Waals surface area (Å²) in [4.78, 5) is 0. The number of rotatable bonds is 7. The van der Waals surface area contributed by atoms with Crippen LogP contribution in [0, 0.1) is 0 Å². The van der Waals surface area contributed by atoms with Crippen LogP contribution in [0.15, 0.2) is 60.7 Å². The SMILES string of the molecule is CC(C)[SiH2]O[SiH](Cc1ccccc1)Cc1ccccc1. The molecule has 2 aromatic carbocycles. The molecule has 1 nitrogen and oxygen atoms in total. The van der Waals surface area contributed by atoms with Crippen LogP contribution in [0.2, 0.25) is 5.54 Å². The fourth-order valence-corrected chi connectivity index (χ4v) is 7.58. The third-order valence-electron chi connectivity index (χ3n) is 3.28. The molecule has 0 spiro atoms. The van der Waals surface area contributed by atoms with Crippen LogP contribution >= 0.6 is 0 Å². The van der Waals surface area contributed by atoms with E-state index in [1.807, 2.05) is 0 Å². The Labute approximate surface area is 126 Å². The lowest BCUT2D eigenvalue weighted by molar-refractivity contribution is 0.587. The second-order valence-corrected chi connectivity index (χ2v) is 11.1. The van der Waals surface area contributed by atoms with Gasteiger partial charge in [0.05, 0.1) is 0 Å². The average Bonchev–Trinajstić information content (AvgIpc) is 2.47. The zero-order chi connectivity index (χ0) is 14.2. The molecule has 0 fully saturated rings. The van der Waals surface area contributed by atoms with Crippen molar-refractivity contribution in [3.63, 3.8) is 0 Å². The summed E-state index contributed by atoms with van der Waals surface area (Å²) < 4.78 is 6.39. The molecule has 0 saturated carbocycles. The molecule has 0 saturated heterocycles. The van der Waals surface area contributed by atoms with Crippen LogP contribution in [0.25, 0.3) is 0 Å². The standard InChI is InChI=1S/C17H24OSi2/c1-15(2)19-18-20(13-16-9-5-3-6-10-16)14-17-11-7-4-8-12-17/h3-12,15,20H,13-14,19H2,1-2H3. The molecule has 3 heteroatoms. The van der Waals surface area contributed by atoms with Crippen LogP contribution in [0.1, 0.15) is 25.0 Å². The first-order chi connectivity index (χ1) is 9.74. The smallest absolute Gasteiger partial charge is 0.171 e. The van der Waals surface area contributed by atoms with E-state index in [9.17, 15) is 0 Å². The molecule has 0 aliphatic rings. The highest BCUT2D eigenvalue weighted by Crippen LogP contribution is 2.10. The van der Waals surface area contributed by atoms with E-state index in [0.717, 1.165) is 17.6 Å². The van der Waals surface area contributed by atoms with Crippen molar-refractivity contribution in [1.82, 2.24) is 0 Å². The van der Waals surface area contributed by atoms with Crippen LogP contribution in [0.4, 0.5) is 0 Å². The van der Waals surface area contributed by atoms with Gasteiger partial charge in [-0.25, -0.2) is 0 Å². The van der Waals surface area contributed by atoms with Gasteiger partial charge in [0.15, 0.2) is 9.04 Å². The van der Waals surface area contributed by atoms with E-state index in [1.165, 1.54) is 11.1 Å². The number of benzene rings is 2. The van der Waals surface area contributed by atoms with Crippen LogP contribution in [-0.2, 0) is 16.2 Å². The molecule has 0 heterocycles. The summed E-state index contributed by atoms with van der Waals surface area (Å²) in [7, 11) is -1.55. The first-order valence-electron chi connectivity index (χ1n) is 7.43. The molecule has 0 bridgehead atoms. The van der Waals surface area contributed by atoms with Crippen LogP contribution < -0.4 is 0 Å². The molecule has 0 aliphatic heterocycles. The van der Waals surface area contributed by atoms with Gasteiger partial charge in [-0.1, -0.05) is 74.5 Å². The van der Waals surface area contributed by atoms with Gasteiger partial charge in [0, 0.05) is 0 Å². The highest BCUT2D eigenvalue weighted by molar-refractivity contribution is 6.58. The normalized spacial score (nSPS) is 11.8. The zero-order valence-corrected chi connectivity index (χ0v) is 15.0. The van der Waals surface area contributed by atoms with E-state index in [-0.39, 0.29) is 9.76 Å². The topological polar surface area (TPSA) is 9.23 Å². The summed E-state index contributed by atoms with van der Waals surface area (Å²) in [5, 5.41) is 0. The van der Waals surface area contributed by atoms with Gasteiger partial charge in [0.25, 0.3) is 0 Å². The molecule has 20 heavy (non-hydrogen) atoms. The Kier molecular flexibility index (Phi) is 6.24. The third kappa shape index (κ3) is 5.45. The second-order valence-electron chi connectivity index (χ2n) is 5.73. The van der Waals surface area contributed by atoms with Gasteiger partial charge in [-0.3, -0.25) is 0 Å². The Balaban J connectivity index is 2.00. The molecule has 0 aromatic heterocycles. The first-order valence-corrected chi connectivity index (χ1v) is 10.9. The molecule has 2 aromatic rings. The monoisotopic (exact) mass is 300 g/mol. The van der Waals surface area contributed by atoms with E-state index < -0.39 is 9.04 Å². The lowest BCUT2D eigenvalue weighted by atomic mass is 10.2.